The molecule has 1 aliphatic rings. The number of hydrogen-bond acceptors (Lipinski definition) is 4. The van der Waals surface area contributed by atoms with Crippen molar-refractivity contribution in [3.05, 3.63) is 54.5 Å². The van der Waals surface area contributed by atoms with Gasteiger partial charge in [-0.2, -0.15) is 0 Å². The summed E-state index contributed by atoms with van der Waals surface area (Å²) in [6.07, 6.45) is 5.56. The van der Waals surface area contributed by atoms with E-state index in [0.717, 1.165) is 25.2 Å². The number of benzene rings is 1. The summed E-state index contributed by atoms with van der Waals surface area (Å²) >= 11 is 0. The zero-order valence-electron chi connectivity index (χ0n) is 11.1. The van der Waals surface area contributed by atoms with E-state index in [0.29, 0.717) is 6.04 Å². The molecule has 1 aliphatic heterocycles. The smallest absolute Gasteiger partial charge is 0.0790 e. The number of rotatable bonds is 3. The van der Waals surface area contributed by atoms with Crippen molar-refractivity contribution in [2.24, 2.45) is 0 Å². The number of nitrogens with zero attached hydrogens (tertiary/aromatic N) is 5. The summed E-state index contributed by atoms with van der Waals surface area (Å²) in [4.78, 5) is 6.83. The fourth-order valence-electron chi connectivity index (χ4n) is 2.79. The Hall–Kier alpha value is -2.27. The molecule has 5 nitrogen and oxygen atoms in total. The highest BCUT2D eigenvalue weighted by atomic mass is 15.5. The number of fused-ring (bicyclic) bond motifs is 1. The lowest BCUT2D eigenvalue weighted by Gasteiger charge is -2.39. The van der Waals surface area contributed by atoms with Gasteiger partial charge in [0.25, 0.3) is 0 Å². The first kappa shape index (κ1) is 11.5. The van der Waals surface area contributed by atoms with Gasteiger partial charge in [0, 0.05) is 37.4 Å². The maximum Gasteiger partial charge on any atom is 0.0790 e. The van der Waals surface area contributed by atoms with E-state index in [9.17, 15) is 0 Å². The van der Waals surface area contributed by atoms with Gasteiger partial charge in [-0.25, -0.2) is 4.68 Å². The molecular weight excluding hydrogens is 250 g/mol. The van der Waals surface area contributed by atoms with Gasteiger partial charge in [-0.15, -0.1) is 5.10 Å². The van der Waals surface area contributed by atoms with Crippen molar-refractivity contribution in [3.63, 3.8) is 0 Å². The van der Waals surface area contributed by atoms with Crippen LogP contribution in [0.4, 0.5) is 0 Å². The number of pyridine rings is 1. The summed E-state index contributed by atoms with van der Waals surface area (Å²) in [5.74, 6) is 0. The Morgan fingerprint density at radius 1 is 1.10 bits per heavy atom. The quantitative estimate of drug-likeness (QED) is 0.725. The van der Waals surface area contributed by atoms with Crippen LogP contribution in [0.1, 0.15) is 11.6 Å². The molecule has 0 N–H and O–H groups in total. The monoisotopic (exact) mass is 265 g/mol. The van der Waals surface area contributed by atoms with E-state index in [1.807, 2.05) is 23.1 Å². The van der Waals surface area contributed by atoms with Crippen molar-refractivity contribution in [2.45, 2.75) is 12.6 Å². The van der Waals surface area contributed by atoms with Crippen LogP contribution in [0, 0.1) is 0 Å². The fraction of sp³-hybridized carbons (Fsp3) is 0.267. The van der Waals surface area contributed by atoms with Gasteiger partial charge in [0.15, 0.2) is 0 Å². The molecule has 1 aromatic carbocycles. The summed E-state index contributed by atoms with van der Waals surface area (Å²) < 4.78 is 1.95. The molecule has 1 fully saturated rings. The number of hydrogen-bond donors (Lipinski definition) is 0. The average molecular weight is 265 g/mol. The van der Waals surface area contributed by atoms with Gasteiger partial charge in [-0.05, 0) is 17.7 Å². The van der Waals surface area contributed by atoms with Crippen molar-refractivity contribution >= 4 is 10.9 Å². The zero-order chi connectivity index (χ0) is 13.4. The molecule has 0 radical (unpaired) electrons. The van der Waals surface area contributed by atoms with Crippen molar-refractivity contribution in [1.82, 2.24) is 24.9 Å². The molecule has 0 unspecified atom stereocenters. The molecule has 0 aliphatic carbocycles. The Morgan fingerprint density at radius 3 is 2.85 bits per heavy atom. The highest BCUT2D eigenvalue weighted by molar-refractivity contribution is 5.81. The predicted molar refractivity (Wildman–Crippen MR) is 76.1 cm³/mol. The second kappa shape index (κ2) is 4.68. The Bertz CT molecular complexity index is 711. The first-order valence-electron chi connectivity index (χ1n) is 6.81. The van der Waals surface area contributed by atoms with Gasteiger partial charge < -0.3 is 0 Å². The van der Waals surface area contributed by atoms with Gasteiger partial charge in [-0.1, -0.05) is 23.4 Å². The van der Waals surface area contributed by atoms with Crippen LogP contribution < -0.4 is 0 Å². The Balaban J connectivity index is 1.50. The van der Waals surface area contributed by atoms with E-state index < -0.39 is 0 Å². The highest BCUT2D eigenvalue weighted by Crippen LogP contribution is 2.24. The van der Waals surface area contributed by atoms with Crippen molar-refractivity contribution in [3.8, 4) is 0 Å². The van der Waals surface area contributed by atoms with E-state index >= 15 is 0 Å². The predicted octanol–water partition coefficient (Wildman–Crippen LogP) is 1.88. The minimum Gasteiger partial charge on any atom is -0.295 e. The molecule has 2 aromatic heterocycles. The molecular formula is C15H15N5. The van der Waals surface area contributed by atoms with Crippen LogP contribution >= 0.6 is 0 Å². The molecule has 0 bridgehead atoms. The van der Waals surface area contributed by atoms with Gasteiger partial charge in [0.2, 0.25) is 0 Å². The molecule has 5 heteroatoms. The molecule has 20 heavy (non-hydrogen) atoms. The van der Waals surface area contributed by atoms with E-state index in [4.69, 9.17) is 0 Å². The summed E-state index contributed by atoms with van der Waals surface area (Å²) in [5, 5.41) is 9.17. The van der Waals surface area contributed by atoms with E-state index in [1.54, 1.807) is 6.20 Å². The summed E-state index contributed by atoms with van der Waals surface area (Å²) in [7, 11) is 0. The van der Waals surface area contributed by atoms with Gasteiger partial charge in [0.05, 0.1) is 17.8 Å². The van der Waals surface area contributed by atoms with Crippen LogP contribution in [-0.2, 0) is 6.54 Å². The van der Waals surface area contributed by atoms with Gasteiger partial charge >= 0.3 is 0 Å². The molecule has 0 spiro atoms. The summed E-state index contributed by atoms with van der Waals surface area (Å²) in [5.41, 5.74) is 2.41. The number of likely N-dealkylation sites (tertiary alicyclic amines) is 1. The second-order valence-corrected chi connectivity index (χ2v) is 5.22. The molecule has 100 valence electrons. The molecule has 4 rings (SSSR count). The van der Waals surface area contributed by atoms with Crippen LogP contribution in [-0.4, -0.2) is 38.0 Å². The standard InChI is InChI=1S/C15H15N5/c1-2-4-15-14(3-1)12(5-6-16-15)9-19-10-13(11-19)20-8-7-17-18-20/h1-8,13H,9-11H2. The van der Waals surface area contributed by atoms with E-state index in [1.165, 1.54) is 10.9 Å². The lowest BCUT2D eigenvalue weighted by molar-refractivity contribution is 0.0900. The van der Waals surface area contributed by atoms with Crippen molar-refractivity contribution in [1.29, 1.82) is 0 Å². The zero-order valence-corrected chi connectivity index (χ0v) is 11.1. The Labute approximate surface area is 116 Å². The van der Waals surface area contributed by atoms with Crippen LogP contribution in [0.3, 0.4) is 0 Å². The lowest BCUT2D eigenvalue weighted by atomic mass is 10.0. The number of aromatic nitrogens is 4. The number of para-hydroxylation sites is 1. The Kier molecular flexibility index (Phi) is 2.70. The maximum atomic E-state index is 4.41. The second-order valence-electron chi connectivity index (χ2n) is 5.22. The van der Waals surface area contributed by atoms with Crippen LogP contribution in [0.5, 0.6) is 0 Å². The Morgan fingerprint density at radius 2 is 2.00 bits per heavy atom. The normalized spacial score (nSPS) is 16.4. The largest absolute Gasteiger partial charge is 0.295 e. The minimum atomic E-state index is 0.464. The van der Waals surface area contributed by atoms with E-state index in [2.05, 4.69) is 44.5 Å². The third-order valence-corrected chi connectivity index (χ3v) is 3.89. The third kappa shape index (κ3) is 1.96. The highest BCUT2D eigenvalue weighted by Gasteiger charge is 2.28. The van der Waals surface area contributed by atoms with Gasteiger partial charge in [-0.3, -0.25) is 9.88 Å². The minimum absolute atomic E-state index is 0.464. The van der Waals surface area contributed by atoms with Crippen molar-refractivity contribution < 1.29 is 0 Å². The molecule has 0 atom stereocenters. The molecule has 0 amide bonds. The maximum absolute atomic E-state index is 4.41. The molecule has 3 aromatic rings. The van der Waals surface area contributed by atoms with Gasteiger partial charge in [0.1, 0.15) is 0 Å². The van der Waals surface area contributed by atoms with Crippen LogP contribution in [0.2, 0.25) is 0 Å². The van der Waals surface area contributed by atoms with Crippen molar-refractivity contribution in [2.75, 3.05) is 13.1 Å². The average Bonchev–Trinajstić information content (AvgIpc) is 2.96. The topological polar surface area (TPSA) is 46.8 Å². The first-order valence-corrected chi connectivity index (χ1v) is 6.81. The molecule has 0 saturated carbocycles. The van der Waals surface area contributed by atoms with E-state index in [-0.39, 0.29) is 0 Å². The van der Waals surface area contributed by atoms with Crippen LogP contribution in [0.25, 0.3) is 10.9 Å². The molecule has 1 saturated heterocycles. The van der Waals surface area contributed by atoms with Crippen LogP contribution in [0.15, 0.2) is 48.9 Å². The molecule has 3 heterocycles. The lowest BCUT2D eigenvalue weighted by Crippen LogP contribution is -2.47. The SMILES string of the molecule is c1ccc2c(CN3CC(n4ccnn4)C3)ccnc2c1. The first-order chi connectivity index (χ1) is 9.90. The third-order valence-electron chi connectivity index (χ3n) is 3.89. The summed E-state index contributed by atoms with van der Waals surface area (Å²) in [6.45, 7) is 3.02. The summed E-state index contributed by atoms with van der Waals surface area (Å²) in [6, 6.07) is 10.9. The fourth-order valence-corrected chi connectivity index (χ4v) is 2.79.